The fourth-order valence-corrected chi connectivity index (χ4v) is 4.66. The van der Waals surface area contributed by atoms with E-state index in [1.165, 1.54) is 12.1 Å². The first kappa shape index (κ1) is 28.1. The van der Waals surface area contributed by atoms with Crippen LogP contribution in [-0.4, -0.2) is 44.0 Å². The molecule has 3 aromatic heterocycles. The molecular formula is C32H30FN7O3. The molecule has 0 saturated carbocycles. The molecule has 1 saturated heterocycles. The van der Waals surface area contributed by atoms with Crippen LogP contribution in [0.1, 0.15) is 30.2 Å². The number of anilines is 1. The number of H-pyrrole nitrogens is 1. The Morgan fingerprint density at radius 3 is 2.40 bits per heavy atom. The van der Waals surface area contributed by atoms with Gasteiger partial charge in [-0.3, -0.25) is 9.78 Å². The fourth-order valence-electron chi connectivity index (χ4n) is 4.66. The highest BCUT2D eigenvalue weighted by atomic mass is 19.1. The number of halogens is 1. The molecule has 1 amide bonds. The highest BCUT2D eigenvalue weighted by Gasteiger charge is 2.40. The highest BCUT2D eigenvalue weighted by Crippen LogP contribution is 2.35. The van der Waals surface area contributed by atoms with Crippen molar-refractivity contribution in [2.45, 2.75) is 26.3 Å². The van der Waals surface area contributed by atoms with Crippen LogP contribution in [0.15, 0.2) is 91.4 Å². The summed E-state index contributed by atoms with van der Waals surface area (Å²) < 4.78 is 25.8. The molecule has 0 aliphatic carbocycles. The van der Waals surface area contributed by atoms with Gasteiger partial charge in [-0.1, -0.05) is 30.3 Å². The Bertz CT molecular complexity index is 1670. The zero-order valence-corrected chi connectivity index (χ0v) is 23.5. The van der Waals surface area contributed by atoms with E-state index in [4.69, 9.17) is 19.4 Å². The van der Waals surface area contributed by atoms with Gasteiger partial charge in [-0.2, -0.15) is 0 Å². The number of hydrogen-bond acceptors (Lipinski definition) is 8. The number of carbonyl (C=O) groups is 1. The second kappa shape index (κ2) is 12.5. The molecule has 0 unspecified atom stereocenters. The Labute approximate surface area is 247 Å². The number of pyridine rings is 1. The van der Waals surface area contributed by atoms with E-state index < -0.39 is 11.7 Å². The lowest BCUT2D eigenvalue weighted by molar-refractivity contribution is -0.231. The number of carbonyl (C=O) groups excluding carboxylic acids is 1. The molecule has 0 radical (unpaired) electrons. The number of aromatic amines is 1. The number of aromatic nitrogens is 5. The lowest BCUT2D eigenvalue weighted by Crippen LogP contribution is -2.48. The van der Waals surface area contributed by atoms with E-state index in [-0.39, 0.29) is 24.9 Å². The Hall–Kier alpha value is -5.00. The van der Waals surface area contributed by atoms with Crippen molar-refractivity contribution in [3.05, 3.63) is 114 Å². The first-order chi connectivity index (χ1) is 21.0. The molecule has 0 bridgehead atoms. The van der Waals surface area contributed by atoms with Gasteiger partial charge in [-0.15, -0.1) is 0 Å². The smallest absolute Gasteiger partial charge is 0.230 e. The maximum atomic E-state index is 13.8. The summed E-state index contributed by atoms with van der Waals surface area (Å²) in [5, 5.41) is 6.20. The van der Waals surface area contributed by atoms with Crippen molar-refractivity contribution in [3.8, 4) is 22.6 Å². The van der Waals surface area contributed by atoms with Gasteiger partial charge in [0.25, 0.3) is 0 Å². The molecule has 2 aromatic carbocycles. The summed E-state index contributed by atoms with van der Waals surface area (Å²) in [4.78, 5) is 34.2. The second-order valence-electron chi connectivity index (χ2n) is 10.5. The number of benzene rings is 2. The van der Waals surface area contributed by atoms with Crippen molar-refractivity contribution in [1.82, 2.24) is 30.2 Å². The summed E-state index contributed by atoms with van der Waals surface area (Å²) in [6.07, 6.45) is 4.27. The van der Waals surface area contributed by atoms with Crippen LogP contribution in [-0.2, 0) is 27.4 Å². The van der Waals surface area contributed by atoms with Crippen LogP contribution in [0.2, 0.25) is 0 Å². The van der Waals surface area contributed by atoms with E-state index in [0.717, 1.165) is 11.1 Å². The van der Waals surface area contributed by atoms with Gasteiger partial charge in [0.15, 0.2) is 5.82 Å². The normalized spacial score (nSPS) is 18.2. The van der Waals surface area contributed by atoms with Gasteiger partial charge < -0.3 is 25.1 Å². The highest BCUT2D eigenvalue weighted by molar-refractivity contribution is 5.82. The Balaban J connectivity index is 1.21. The monoisotopic (exact) mass is 579 g/mol. The molecule has 3 N–H and O–H groups in total. The topological polar surface area (TPSA) is 127 Å². The van der Waals surface area contributed by atoms with Crippen molar-refractivity contribution in [2.75, 3.05) is 18.5 Å². The summed E-state index contributed by atoms with van der Waals surface area (Å²) in [5.74, 6) is 0.327. The molecule has 4 heterocycles. The zero-order chi connectivity index (χ0) is 29.6. The third-order valence-electron chi connectivity index (χ3n) is 7.13. The summed E-state index contributed by atoms with van der Waals surface area (Å²) in [7, 11) is 0. The van der Waals surface area contributed by atoms with Crippen molar-refractivity contribution >= 4 is 11.9 Å². The summed E-state index contributed by atoms with van der Waals surface area (Å²) >= 11 is 0. The Morgan fingerprint density at radius 2 is 1.65 bits per heavy atom. The maximum absolute atomic E-state index is 13.8. The molecule has 10 nitrogen and oxygen atoms in total. The predicted octanol–water partition coefficient (Wildman–Crippen LogP) is 5.05. The van der Waals surface area contributed by atoms with Crippen molar-refractivity contribution in [3.63, 3.8) is 0 Å². The van der Waals surface area contributed by atoms with Gasteiger partial charge in [0.05, 0.1) is 35.7 Å². The van der Waals surface area contributed by atoms with Crippen molar-refractivity contribution in [1.29, 1.82) is 0 Å². The minimum Gasteiger partial charge on any atom is -0.351 e. The van der Waals surface area contributed by atoms with E-state index in [1.807, 2.05) is 49.4 Å². The second-order valence-corrected chi connectivity index (χ2v) is 10.5. The molecule has 0 atom stereocenters. The van der Waals surface area contributed by atoms with Crippen molar-refractivity contribution < 1.29 is 18.7 Å². The number of nitrogens with one attached hydrogen (secondary N) is 3. The van der Waals surface area contributed by atoms with E-state index in [1.54, 1.807) is 36.8 Å². The predicted molar refractivity (Wildman–Crippen MR) is 158 cm³/mol. The van der Waals surface area contributed by atoms with Crippen LogP contribution in [0.3, 0.4) is 0 Å². The van der Waals surface area contributed by atoms with E-state index in [2.05, 4.69) is 25.6 Å². The molecule has 1 aliphatic heterocycles. The number of rotatable bonds is 9. The first-order valence-corrected chi connectivity index (χ1v) is 13.8. The van der Waals surface area contributed by atoms with Crippen LogP contribution in [0.25, 0.3) is 22.6 Å². The molecule has 218 valence electrons. The quantitative estimate of drug-likeness (QED) is 0.222. The maximum Gasteiger partial charge on any atom is 0.230 e. The van der Waals surface area contributed by atoms with Crippen molar-refractivity contribution in [2.24, 2.45) is 5.41 Å². The van der Waals surface area contributed by atoms with Crippen LogP contribution < -0.4 is 10.6 Å². The van der Waals surface area contributed by atoms with Gasteiger partial charge in [-0.05, 0) is 60.5 Å². The zero-order valence-electron chi connectivity index (χ0n) is 23.5. The van der Waals surface area contributed by atoms with Gasteiger partial charge in [-0.25, -0.2) is 19.3 Å². The third-order valence-corrected chi connectivity index (χ3v) is 7.13. The van der Waals surface area contributed by atoms with Gasteiger partial charge in [0.2, 0.25) is 18.1 Å². The molecule has 5 aromatic rings. The molecule has 6 rings (SSSR count). The Kier molecular flexibility index (Phi) is 8.16. The van der Waals surface area contributed by atoms with E-state index >= 15 is 0 Å². The number of amides is 1. The molecular weight excluding hydrogens is 549 g/mol. The summed E-state index contributed by atoms with van der Waals surface area (Å²) in [6, 6.07) is 21.3. The lowest BCUT2D eigenvalue weighted by atomic mass is 9.91. The van der Waals surface area contributed by atoms with Gasteiger partial charge in [0, 0.05) is 37.2 Å². The number of hydrogen-bond donors (Lipinski definition) is 3. The van der Waals surface area contributed by atoms with Crippen LogP contribution in [0.4, 0.5) is 10.3 Å². The van der Waals surface area contributed by atoms with Crippen LogP contribution in [0.5, 0.6) is 0 Å². The molecule has 43 heavy (non-hydrogen) atoms. The summed E-state index contributed by atoms with van der Waals surface area (Å²) in [6.45, 7) is 3.02. The minimum absolute atomic E-state index is 0.136. The largest absolute Gasteiger partial charge is 0.351 e. The van der Waals surface area contributed by atoms with E-state index in [9.17, 15) is 9.18 Å². The van der Waals surface area contributed by atoms with E-state index in [0.29, 0.717) is 47.5 Å². The number of nitrogens with zero attached hydrogens (tertiary/aromatic N) is 4. The van der Waals surface area contributed by atoms with Crippen LogP contribution >= 0.6 is 0 Å². The molecule has 0 spiro atoms. The molecule has 11 heteroatoms. The Morgan fingerprint density at radius 1 is 0.930 bits per heavy atom. The van der Waals surface area contributed by atoms with Crippen LogP contribution in [0, 0.1) is 11.2 Å². The van der Waals surface area contributed by atoms with Gasteiger partial charge >= 0.3 is 0 Å². The lowest BCUT2D eigenvalue weighted by Gasteiger charge is -2.35. The minimum atomic E-state index is -0.872. The first-order valence-electron chi connectivity index (χ1n) is 13.8. The average molecular weight is 580 g/mol. The average Bonchev–Trinajstić information content (AvgIpc) is 3.50. The SMILES string of the molecule is CC1(C(=O)NCc2ccccc2)COC(c2nc(-c3ccc(F)cc3)c(-c3ccnc(NCc4ccncc4)n3)[nH]2)OC1. The van der Waals surface area contributed by atoms with Gasteiger partial charge in [0.1, 0.15) is 5.82 Å². The summed E-state index contributed by atoms with van der Waals surface area (Å²) in [5.41, 5.74) is 3.57. The third kappa shape index (κ3) is 6.58. The molecule has 1 fully saturated rings. The number of ether oxygens (including phenoxy) is 2. The fraction of sp³-hybridized carbons (Fsp3) is 0.219. The standard InChI is InChI=1S/C32H30FN7O3/c1-32(30(41)36-17-21-5-3-2-4-6-21)19-42-29(43-20-32)28-39-26(23-7-9-24(33)10-8-23)27(40-28)25-13-16-35-31(38-25)37-18-22-11-14-34-15-12-22/h2-16,29H,17-20H2,1H3,(H,36,41)(H,39,40)(H,35,37,38). The number of imidazole rings is 1. The molecule has 1 aliphatic rings.